The van der Waals surface area contributed by atoms with Crippen LogP contribution < -0.4 is 0 Å². The number of hydrogen-bond acceptors (Lipinski definition) is 5. The van der Waals surface area contributed by atoms with E-state index in [-0.39, 0.29) is 11.7 Å². The van der Waals surface area contributed by atoms with E-state index in [0.717, 1.165) is 11.3 Å². The number of amides is 1. The first-order chi connectivity index (χ1) is 11.5. The molecule has 3 aromatic rings. The molecular weight excluding hydrogens is 329 g/mol. The van der Waals surface area contributed by atoms with Crippen molar-refractivity contribution in [3.63, 3.8) is 0 Å². The van der Waals surface area contributed by atoms with Crippen LogP contribution in [-0.2, 0) is 6.54 Å². The number of carbonyl (C=O) groups excluding carboxylic acids is 1. The number of nitrogens with zero attached hydrogens (tertiary/aromatic N) is 3. The summed E-state index contributed by atoms with van der Waals surface area (Å²) in [6.07, 6.45) is 0. The van der Waals surface area contributed by atoms with Crippen molar-refractivity contribution in [2.45, 2.75) is 20.4 Å². The third-order valence-electron chi connectivity index (χ3n) is 3.75. The molecule has 0 aliphatic carbocycles. The highest BCUT2D eigenvalue weighted by atomic mass is 32.1. The highest BCUT2D eigenvalue weighted by Gasteiger charge is 2.20. The lowest BCUT2D eigenvalue weighted by Crippen LogP contribution is -2.26. The Bertz CT molecular complexity index is 868. The minimum atomic E-state index is -0.352. The van der Waals surface area contributed by atoms with Gasteiger partial charge in [-0.15, -0.1) is 11.3 Å². The van der Waals surface area contributed by atoms with E-state index in [4.69, 9.17) is 4.52 Å². The summed E-state index contributed by atoms with van der Waals surface area (Å²) in [6.45, 7) is 4.03. The molecule has 124 valence electrons. The SMILES string of the molecule is Cc1noc(C)c1CN(C)C(=O)c1csc(-c2ccccc2F)n1. The van der Waals surface area contributed by atoms with Crippen LogP contribution in [0.4, 0.5) is 4.39 Å². The zero-order valence-electron chi connectivity index (χ0n) is 13.5. The van der Waals surface area contributed by atoms with E-state index in [1.54, 1.807) is 35.5 Å². The molecule has 0 saturated heterocycles. The fourth-order valence-corrected chi connectivity index (χ4v) is 3.18. The molecule has 0 atom stereocenters. The molecule has 1 aromatic carbocycles. The highest BCUT2D eigenvalue weighted by Crippen LogP contribution is 2.26. The van der Waals surface area contributed by atoms with Crippen LogP contribution in [0, 0.1) is 19.7 Å². The quantitative estimate of drug-likeness (QED) is 0.721. The van der Waals surface area contributed by atoms with Crippen molar-refractivity contribution in [3.05, 3.63) is 58.2 Å². The molecule has 0 aliphatic heterocycles. The van der Waals surface area contributed by atoms with Crippen molar-refractivity contribution in [2.75, 3.05) is 7.05 Å². The van der Waals surface area contributed by atoms with Crippen LogP contribution in [0.3, 0.4) is 0 Å². The lowest BCUT2D eigenvalue weighted by atomic mass is 10.2. The number of aromatic nitrogens is 2. The van der Waals surface area contributed by atoms with Crippen LogP contribution in [0.15, 0.2) is 34.2 Å². The molecule has 0 unspecified atom stereocenters. The third kappa shape index (κ3) is 3.07. The Morgan fingerprint density at radius 2 is 2.08 bits per heavy atom. The lowest BCUT2D eigenvalue weighted by molar-refractivity contribution is 0.0779. The summed E-state index contributed by atoms with van der Waals surface area (Å²) in [6, 6.07) is 6.39. The van der Waals surface area contributed by atoms with Crippen LogP contribution in [0.1, 0.15) is 27.5 Å². The second kappa shape index (κ2) is 6.52. The maximum atomic E-state index is 13.8. The molecule has 0 radical (unpaired) electrons. The monoisotopic (exact) mass is 345 g/mol. The number of thiazole rings is 1. The lowest BCUT2D eigenvalue weighted by Gasteiger charge is -2.15. The van der Waals surface area contributed by atoms with Crippen molar-refractivity contribution in [1.82, 2.24) is 15.0 Å². The van der Waals surface area contributed by atoms with Crippen molar-refractivity contribution in [1.29, 1.82) is 0 Å². The molecule has 0 bridgehead atoms. The number of benzene rings is 1. The Hall–Kier alpha value is -2.54. The number of hydrogen-bond donors (Lipinski definition) is 0. The van der Waals surface area contributed by atoms with Gasteiger partial charge >= 0.3 is 0 Å². The van der Waals surface area contributed by atoms with Crippen molar-refractivity contribution in [2.24, 2.45) is 0 Å². The molecule has 1 amide bonds. The van der Waals surface area contributed by atoms with E-state index in [2.05, 4.69) is 10.1 Å². The van der Waals surface area contributed by atoms with Gasteiger partial charge in [-0.25, -0.2) is 9.37 Å². The van der Waals surface area contributed by atoms with Gasteiger partial charge in [-0.1, -0.05) is 17.3 Å². The van der Waals surface area contributed by atoms with Gasteiger partial charge in [0, 0.05) is 23.6 Å². The molecule has 5 nitrogen and oxygen atoms in total. The van der Waals surface area contributed by atoms with Crippen LogP contribution in [0.5, 0.6) is 0 Å². The summed E-state index contributed by atoms with van der Waals surface area (Å²) < 4.78 is 19.0. The standard InChI is InChI=1S/C17H16FN3O2S/c1-10-13(11(2)23-20-10)8-21(3)17(22)15-9-24-16(19-15)12-6-4-5-7-14(12)18/h4-7,9H,8H2,1-3H3. The Kier molecular flexibility index (Phi) is 4.44. The second-order valence-corrected chi connectivity index (χ2v) is 6.34. The first-order valence-electron chi connectivity index (χ1n) is 7.35. The second-order valence-electron chi connectivity index (χ2n) is 5.48. The van der Waals surface area contributed by atoms with Gasteiger partial charge in [-0.3, -0.25) is 4.79 Å². The Labute approximate surface area is 142 Å². The van der Waals surface area contributed by atoms with Gasteiger partial charge in [0.25, 0.3) is 5.91 Å². The summed E-state index contributed by atoms with van der Waals surface area (Å²) in [5.74, 6) is 0.112. The van der Waals surface area contributed by atoms with Gasteiger partial charge < -0.3 is 9.42 Å². The van der Waals surface area contributed by atoms with Gasteiger partial charge in [0.15, 0.2) is 0 Å². The van der Waals surface area contributed by atoms with E-state index in [9.17, 15) is 9.18 Å². The zero-order valence-corrected chi connectivity index (χ0v) is 14.4. The van der Waals surface area contributed by atoms with E-state index in [1.165, 1.54) is 17.4 Å². The summed E-state index contributed by atoms with van der Waals surface area (Å²) in [5, 5.41) is 6.02. The fraction of sp³-hybridized carbons (Fsp3) is 0.235. The predicted octanol–water partition coefficient (Wildman–Crippen LogP) is 3.83. The van der Waals surface area contributed by atoms with E-state index < -0.39 is 0 Å². The minimum absolute atomic E-state index is 0.228. The van der Waals surface area contributed by atoms with Gasteiger partial charge in [0.1, 0.15) is 22.3 Å². The molecule has 2 heterocycles. The van der Waals surface area contributed by atoms with Crippen molar-refractivity contribution in [3.8, 4) is 10.6 Å². The summed E-state index contributed by atoms with van der Waals surface area (Å²) in [4.78, 5) is 18.4. The summed E-state index contributed by atoms with van der Waals surface area (Å²) in [5.41, 5.74) is 2.34. The number of halogens is 1. The predicted molar refractivity (Wildman–Crippen MR) is 89.3 cm³/mol. The van der Waals surface area contributed by atoms with Gasteiger partial charge in [0.05, 0.1) is 12.2 Å². The van der Waals surface area contributed by atoms with Crippen LogP contribution >= 0.6 is 11.3 Å². The molecule has 0 fully saturated rings. The smallest absolute Gasteiger partial charge is 0.273 e. The molecule has 24 heavy (non-hydrogen) atoms. The normalized spacial score (nSPS) is 10.8. The maximum absolute atomic E-state index is 13.8. The van der Waals surface area contributed by atoms with Crippen LogP contribution in [0.2, 0.25) is 0 Å². The Morgan fingerprint density at radius 3 is 2.75 bits per heavy atom. The molecular formula is C17H16FN3O2S. The number of aryl methyl sites for hydroxylation is 2. The van der Waals surface area contributed by atoms with Gasteiger partial charge in [-0.05, 0) is 26.0 Å². The molecule has 2 aromatic heterocycles. The van der Waals surface area contributed by atoms with Gasteiger partial charge in [0.2, 0.25) is 0 Å². The molecule has 0 aliphatic rings. The third-order valence-corrected chi connectivity index (χ3v) is 4.63. The highest BCUT2D eigenvalue weighted by molar-refractivity contribution is 7.13. The molecule has 0 N–H and O–H groups in total. The fourth-order valence-electron chi connectivity index (χ4n) is 2.36. The topological polar surface area (TPSA) is 59.2 Å². The average Bonchev–Trinajstić information content (AvgIpc) is 3.17. The molecule has 7 heteroatoms. The number of carbonyl (C=O) groups is 1. The van der Waals surface area contributed by atoms with Crippen molar-refractivity contribution >= 4 is 17.2 Å². The summed E-state index contributed by atoms with van der Waals surface area (Å²) in [7, 11) is 1.69. The molecule has 3 rings (SSSR count). The first-order valence-corrected chi connectivity index (χ1v) is 8.23. The Balaban J connectivity index is 1.80. The average molecular weight is 345 g/mol. The largest absolute Gasteiger partial charge is 0.361 e. The van der Waals surface area contributed by atoms with Gasteiger partial charge in [-0.2, -0.15) is 0 Å². The van der Waals surface area contributed by atoms with Crippen molar-refractivity contribution < 1.29 is 13.7 Å². The zero-order chi connectivity index (χ0) is 17.3. The maximum Gasteiger partial charge on any atom is 0.273 e. The molecule has 0 spiro atoms. The summed E-state index contributed by atoms with van der Waals surface area (Å²) >= 11 is 1.25. The minimum Gasteiger partial charge on any atom is -0.361 e. The van der Waals surface area contributed by atoms with E-state index in [1.807, 2.05) is 13.8 Å². The number of rotatable bonds is 4. The first kappa shape index (κ1) is 16.3. The van der Waals surface area contributed by atoms with Crippen LogP contribution in [0.25, 0.3) is 10.6 Å². The Morgan fingerprint density at radius 1 is 1.33 bits per heavy atom. The van der Waals surface area contributed by atoms with E-state index >= 15 is 0 Å². The molecule has 0 saturated carbocycles. The van der Waals surface area contributed by atoms with Crippen LogP contribution in [-0.4, -0.2) is 28.0 Å². The van der Waals surface area contributed by atoms with E-state index in [0.29, 0.717) is 28.6 Å².